The molecule has 2 aromatic heterocycles. The average molecular weight is 338 g/mol. The fourth-order valence-corrected chi connectivity index (χ4v) is 2.50. The van der Waals surface area contributed by atoms with Crippen LogP contribution in [0.15, 0.2) is 59.5 Å². The summed E-state index contributed by atoms with van der Waals surface area (Å²) >= 11 is 0. The largest absolute Gasteiger partial charge is 0.459 e. The molecule has 6 nitrogen and oxygen atoms in total. The lowest BCUT2D eigenvalue weighted by Crippen LogP contribution is -2.17. The van der Waals surface area contributed by atoms with Crippen molar-refractivity contribution in [3.63, 3.8) is 0 Å². The molecule has 0 bridgehead atoms. The second kappa shape index (κ2) is 7.27. The summed E-state index contributed by atoms with van der Waals surface area (Å²) in [6, 6.07) is 13.8. The average Bonchev–Trinajstić information content (AvgIpc) is 2.61. The number of hydrogen-bond acceptors (Lipinski definition) is 5. The summed E-state index contributed by atoms with van der Waals surface area (Å²) < 4.78 is 6.58. The Morgan fingerprint density at radius 2 is 2.00 bits per heavy atom. The number of rotatable bonds is 5. The van der Waals surface area contributed by atoms with Crippen LogP contribution in [0.2, 0.25) is 0 Å². The van der Waals surface area contributed by atoms with E-state index in [4.69, 9.17) is 4.74 Å². The third kappa shape index (κ3) is 4.10. The number of fused-ring (bicyclic) bond motifs is 1. The molecule has 1 atom stereocenters. The van der Waals surface area contributed by atoms with Crippen molar-refractivity contribution in [2.24, 2.45) is 0 Å². The lowest BCUT2D eigenvalue weighted by Gasteiger charge is -2.11. The number of aryl methyl sites for hydroxylation is 1. The first-order valence-electron chi connectivity index (χ1n) is 7.90. The third-order valence-corrected chi connectivity index (χ3v) is 3.79. The maximum absolute atomic E-state index is 12.1. The van der Waals surface area contributed by atoms with Gasteiger partial charge in [0, 0.05) is 12.3 Å². The third-order valence-electron chi connectivity index (χ3n) is 3.79. The van der Waals surface area contributed by atoms with E-state index in [0.29, 0.717) is 16.9 Å². The van der Waals surface area contributed by atoms with Crippen molar-refractivity contribution in [2.45, 2.75) is 26.1 Å². The molecule has 1 aromatic carbocycles. The van der Waals surface area contributed by atoms with Crippen molar-refractivity contribution < 1.29 is 14.6 Å². The summed E-state index contributed by atoms with van der Waals surface area (Å²) in [6.07, 6.45) is 0.624. The van der Waals surface area contributed by atoms with E-state index >= 15 is 0 Å². The van der Waals surface area contributed by atoms with E-state index in [1.165, 1.54) is 10.5 Å². The van der Waals surface area contributed by atoms with Crippen molar-refractivity contribution >= 4 is 11.6 Å². The van der Waals surface area contributed by atoms with Gasteiger partial charge in [-0.25, -0.2) is 4.98 Å². The molecule has 0 aliphatic heterocycles. The zero-order valence-electron chi connectivity index (χ0n) is 13.8. The van der Waals surface area contributed by atoms with Gasteiger partial charge in [0.2, 0.25) is 0 Å². The van der Waals surface area contributed by atoms with Gasteiger partial charge in [-0.1, -0.05) is 36.4 Å². The molecule has 0 saturated heterocycles. The first kappa shape index (κ1) is 16.9. The highest BCUT2D eigenvalue weighted by atomic mass is 16.5. The number of benzene rings is 1. The number of carbonyl (C=O) groups excluding carboxylic acids is 1. The molecule has 25 heavy (non-hydrogen) atoms. The molecule has 128 valence electrons. The smallest absolute Gasteiger partial charge is 0.309 e. The van der Waals surface area contributed by atoms with Crippen molar-refractivity contribution in [1.82, 2.24) is 9.38 Å². The highest BCUT2D eigenvalue weighted by Crippen LogP contribution is 2.16. The van der Waals surface area contributed by atoms with Crippen molar-refractivity contribution in [3.05, 3.63) is 81.9 Å². The summed E-state index contributed by atoms with van der Waals surface area (Å²) in [5, 5.41) is 10.0. The second-order valence-corrected chi connectivity index (χ2v) is 5.81. The lowest BCUT2D eigenvalue weighted by atomic mass is 10.1. The van der Waals surface area contributed by atoms with E-state index in [1.54, 1.807) is 36.5 Å². The minimum Gasteiger partial charge on any atom is -0.459 e. The number of pyridine rings is 1. The summed E-state index contributed by atoms with van der Waals surface area (Å²) in [5.41, 5.74) is 2.23. The Morgan fingerprint density at radius 3 is 2.76 bits per heavy atom. The quantitative estimate of drug-likeness (QED) is 0.721. The minimum atomic E-state index is -0.924. The van der Waals surface area contributed by atoms with Crippen LogP contribution in [0.3, 0.4) is 0 Å². The van der Waals surface area contributed by atoms with Gasteiger partial charge >= 0.3 is 5.97 Å². The predicted molar refractivity (Wildman–Crippen MR) is 92.0 cm³/mol. The molecule has 0 radical (unpaired) electrons. The Labute approximate surface area is 144 Å². The molecule has 0 spiro atoms. The number of aromatic nitrogens is 2. The molecule has 0 saturated carbocycles. The molecule has 1 N–H and O–H groups in total. The molecule has 0 aliphatic carbocycles. The highest BCUT2D eigenvalue weighted by molar-refractivity contribution is 5.70. The number of carbonyl (C=O) groups is 1. The van der Waals surface area contributed by atoms with Gasteiger partial charge < -0.3 is 9.84 Å². The highest BCUT2D eigenvalue weighted by Gasteiger charge is 2.14. The number of aliphatic hydroxyl groups excluding tert-OH is 1. The van der Waals surface area contributed by atoms with E-state index < -0.39 is 12.1 Å². The maximum atomic E-state index is 12.1. The van der Waals surface area contributed by atoms with Gasteiger partial charge in [-0.05, 0) is 24.1 Å². The molecule has 0 unspecified atom stereocenters. The summed E-state index contributed by atoms with van der Waals surface area (Å²) in [5.74, 6) is -0.553. The van der Waals surface area contributed by atoms with Crippen LogP contribution in [0.4, 0.5) is 0 Å². The Morgan fingerprint density at radius 1 is 1.24 bits per heavy atom. The van der Waals surface area contributed by atoms with Crippen LogP contribution < -0.4 is 5.56 Å². The topological polar surface area (TPSA) is 80.9 Å². The molecule has 6 heteroatoms. The number of esters is 1. The van der Waals surface area contributed by atoms with E-state index in [2.05, 4.69) is 4.98 Å². The fourth-order valence-electron chi connectivity index (χ4n) is 2.50. The van der Waals surface area contributed by atoms with Gasteiger partial charge in [0.15, 0.2) is 0 Å². The zero-order valence-corrected chi connectivity index (χ0v) is 13.8. The van der Waals surface area contributed by atoms with Gasteiger partial charge in [-0.2, -0.15) is 0 Å². The Balaban J connectivity index is 1.65. The van der Waals surface area contributed by atoms with Gasteiger partial charge in [-0.3, -0.25) is 14.0 Å². The number of aliphatic hydroxyl groups is 1. The van der Waals surface area contributed by atoms with Crippen LogP contribution >= 0.6 is 0 Å². The molecule has 0 amide bonds. The van der Waals surface area contributed by atoms with E-state index in [1.807, 2.05) is 19.1 Å². The Hall–Kier alpha value is -2.99. The molecule has 0 aliphatic rings. The molecule has 0 fully saturated rings. The second-order valence-electron chi connectivity index (χ2n) is 5.81. The van der Waals surface area contributed by atoms with Crippen LogP contribution in [0.25, 0.3) is 5.65 Å². The minimum absolute atomic E-state index is 0.111. The first-order valence-corrected chi connectivity index (χ1v) is 7.90. The SMILES string of the molecule is Cc1ccc2nc(COC(=O)C[C@@H](O)c3ccccc3)cc(=O)n2c1. The number of nitrogens with zero attached hydrogens (tertiary/aromatic N) is 2. The van der Waals surface area contributed by atoms with E-state index in [9.17, 15) is 14.7 Å². The molecule has 2 heterocycles. The summed E-state index contributed by atoms with van der Waals surface area (Å²) in [7, 11) is 0. The molecule has 3 aromatic rings. The summed E-state index contributed by atoms with van der Waals surface area (Å²) in [6.45, 7) is 1.78. The van der Waals surface area contributed by atoms with Crippen molar-refractivity contribution in [1.29, 1.82) is 0 Å². The van der Waals surface area contributed by atoms with Crippen molar-refractivity contribution in [2.75, 3.05) is 0 Å². The van der Waals surface area contributed by atoms with Gasteiger partial charge in [0.25, 0.3) is 5.56 Å². The zero-order chi connectivity index (χ0) is 17.8. The predicted octanol–water partition coefficient (Wildman–Crippen LogP) is 2.17. The lowest BCUT2D eigenvalue weighted by molar-refractivity contribution is -0.147. The molecule has 3 rings (SSSR count). The van der Waals surface area contributed by atoms with Gasteiger partial charge in [0.1, 0.15) is 12.3 Å². The van der Waals surface area contributed by atoms with E-state index in [0.717, 1.165) is 5.56 Å². The van der Waals surface area contributed by atoms with Crippen LogP contribution in [-0.2, 0) is 16.1 Å². The fraction of sp³-hybridized carbons (Fsp3) is 0.211. The molecular formula is C19H18N2O4. The van der Waals surface area contributed by atoms with Crippen LogP contribution in [0.1, 0.15) is 29.3 Å². The number of ether oxygens (including phenoxy) is 1. The molecular weight excluding hydrogens is 320 g/mol. The Bertz CT molecular complexity index is 951. The number of hydrogen-bond donors (Lipinski definition) is 1. The van der Waals surface area contributed by atoms with Gasteiger partial charge in [-0.15, -0.1) is 0 Å². The van der Waals surface area contributed by atoms with Gasteiger partial charge in [0.05, 0.1) is 18.2 Å². The monoisotopic (exact) mass is 338 g/mol. The van der Waals surface area contributed by atoms with Crippen LogP contribution in [0, 0.1) is 6.92 Å². The van der Waals surface area contributed by atoms with Crippen LogP contribution in [0.5, 0.6) is 0 Å². The summed E-state index contributed by atoms with van der Waals surface area (Å²) in [4.78, 5) is 28.3. The normalized spacial score (nSPS) is 12.1. The maximum Gasteiger partial charge on any atom is 0.309 e. The Kier molecular flexibility index (Phi) is 4.90. The first-order chi connectivity index (χ1) is 12.0. The van der Waals surface area contributed by atoms with Crippen LogP contribution in [-0.4, -0.2) is 20.5 Å². The van der Waals surface area contributed by atoms with E-state index in [-0.39, 0.29) is 18.6 Å². The standard InChI is InChI=1S/C19H18N2O4/c1-13-7-8-17-20-15(9-18(23)21(17)11-13)12-25-19(24)10-16(22)14-5-3-2-4-6-14/h2-9,11,16,22H,10,12H2,1H3/t16-/m1/s1. The van der Waals surface area contributed by atoms with Crippen molar-refractivity contribution in [3.8, 4) is 0 Å².